The molecule has 7 nitrogen and oxygen atoms in total. The Morgan fingerprint density at radius 3 is 2.91 bits per heavy atom. The minimum atomic E-state index is -0.238. The van der Waals surface area contributed by atoms with Gasteiger partial charge in [0.25, 0.3) is 0 Å². The van der Waals surface area contributed by atoms with Crippen molar-refractivity contribution in [2.24, 2.45) is 20.0 Å². The lowest BCUT2D eigenvalue weighted by atomic mass is 9.89. The van der Waals surface area contributed by atoms with Crippen LogP contribution >= 0.6 is 0 Å². The highest BCUT2D eigenvalue weighted by Crippen LogP contribution is 2.35. The third-order valence-corrected chi connectivity index (χ3v) is 4.12. The fraction of sp³-hybridized carbons (Fsp3) is 0.533. The third kappa shape index (κ3) is 2.64. The Morgan fingerprint density at radius 2 is 2.27 bits per heavy atom. The van der Waals surface area contributed by atoms with E-state index in [1.807, 2.05) is 31.1 Å². The first kappa shape index (κ1) is 14.8. The van der Waals surface area contributed by atoms with Crippen LogP contribution in [0.4, 0.5) is 5.95 Å². The van der Waals surface area contributed by atoms with E-state index in [1.165, 1.54) is 0 Å². The van der Waals surface area contributed by atoms with Crippen molar-refractivity contribution in [2.45, 2.75) is 18.9 Å². The van der Waals surface area contributed by atoms with Gasteiger partial charge in [-0.25, -0.2) is 4.98 Å². The fourth-order valence-electron chi connectivity index (χ4n) is 2.98. The Labute approximate surface area is 129 Å². The largest absolute Gasteiger partial charge is 0.373 e. The Morgan fingerprint density at radius 1 is 1.45 bits per heavy atom. The molecule has 118 valence electrons. The van der Waals surface area contributed by atoms with Crippen LogP contribution in [0, 0.1) is 5.92 Å². The molecule has 3 rings (SSSR count). The molecule has 1 fully saturated rings. The number of amides is 1. The summed E-state index contributed by atoms with van der Waals surface area (Å²) in [5.41, 5.74) is 0.953. The van der Waals surface area contributed by atoms with E-state index in [4.69, 9.17) is 4.74 Å². The number of hydrogen-bond acceptors (Lipinski definition) is 4. The average Bonchev–Trinajstić information content (AvgIpc) is 3.14. The molecule has 0 saturated carbocycles. The highest BCUT2D eigenvalue weighted by atomic mass is 16.5. The van der Waals surface area contributed by atoms with Crippen LogP contribution in [-0.2, 0) is 23.6 Å². The molecule has 2 aromatic rings. The summed E-state index contributed by atoms with van der Waals surface area (Å²) >= 11 is 0. The summed E-state index contributed by atoms with van der Waals surface area (Å²) < 4.78 is 9.45. The molecule has 0 unspecified atom stereocenters. The average molecular weight is 303 g/mol. The summed E-state index contributed by atoms with van der Waals surface area (Å²) in [7, 11) is 5.50. The highest BCUT2D eigenvalue weighted by Gasteiger charge is 2.36. The number of carbonyl (C=O) groups excluding carboxylic acids is 1. The van der Waals surface area contributed by atoms with Gasteiger partial charge < -0.3 is 9.30 Å². The van der Waals surface area contributed by atoms with Gasteiger partial charge in [0, 0.05) is 51.9 Å². The zero-order valence-corrected chi connectivity index (χ0v) is 13.1. The van der Waals surface area contributed by atoms with Crippen LogP contribution < -0.4 is 4.90 Å². The van der Waals surface area contributed by atoms with E-state index in [0.29, 0.717) is 12.6 Å². The summed E-state index contributed by atoms with van der Waals surface area (Å²) in [6.45, 7) is 0.676. The SMILES string of the molecule is CN(C(=O)[C@@H]1CCCO[C@H]1c1cnn(C)c1)c1nccn1C. The van der Waals surface area contributed by atoms with Crippen LogP contribution in [0.3, 0.4) is 0 Å². The Balaban J connectivity index is 1.84. The van der Waals surface area contributed by atoms with Crippen LogP contribution in [0.2, 0.25) is 0 Å². The molecule has 1 amide bonds. The number of imidazole rings is 1. The van der Waals surface area contributed by atoms with Crippen LogP contribution in [-0.4, -0.2) is 38.9 Å². The Bertz CT molecular complexity index is 662. The van der Waals surface area contributed by atoms with Crippen molar-refractivity contribution in [1.82, 2.24) is 19.3 Å². The summed E-state index contributed by atoms with van der Waals surface area (Å²) in [6, 6.07) is 0. The maximum Gasteiger partial charge on any atom is 0.235 e. The summed E-state index contributed by atoms with van der Waals surface area (Å²) in [5.74, 6) is 0.461. The molecule has 0 radical (unpaired) electrons. The monoisotopic (exact) mass is 303 g/mol. The van der Waals surface area contributed by atoms with Crippen molar-refractivity contribution >= 4 is 11.9 Å². The number of anilines is 1. The van der Waals surface area contributed by atoms with Gasteiger partial charge in [-0.3, -0.25) is 14.4 Å². The van der Waals surface area contributed by atoms with Crippen molar-refractivity contribution < 1.29 is 9.53 Å². The minimum absolute atomic E-state index is 0.0304. The van der Waals surface area contributed by atoms with E-state index in [1.54, 1.807) is 29.0 Å². The molecule has 0 bridgehead atoms. The maximum absolute atomic E-state index is 12.9. The van der Waals surface area contributed by atoms with E-state index in [-0.39, 0.29) is 17.9 Å². The van der Waals surface area contributed by atoms with Gasteiger partial charge in [-0.1, -0.05) is 0 Å². The van der Waals surface area contributed by atoms with Gasteiger partial charge in [0.1, 0.15) is 0 Å². The van der Waals surface area contributed by atoms with Gasteiger partial charge in [0.05, 0.1) is 18.2 Å². The summed E-state index contributed by atoms with van der Waals surface area (Å²) in [6.07, 6.45) is 8.67. The van der Waals surface area contributed by atoms with Gasteiger partial charge in [0.15, 0.2) is 0 Å². The fourth-order valence-corrected chi connectivity index (χ4v) is 2.98. The molecular formula is C15H21N5O2. The molecule has 1 aliphatic rings. The van der Waals surface area contributed by atoms with Crippen LogP contribution in [0.25, 0.3) is 0 Å². The van der Waals surface area contributed by atoms with Crippen molar-refractivity contribution in [3.63, 3.8) is 0 Å². The third-order valence-electron chi connectivity index (χ3n) is 4.12. The molecule has 0 aromatic carbocycles. The first-order valence-corrected chi connectivity index (χ1v) is 7.43. The molecule has 22 heavy (non-hydrogen) atoms. The van der Waals surface area contributed by atoms with Gasteiger partial charge >= 0.3 is 0 Å². The second kappa shape index (κ2) is 5.92. The molecule has 7 heteroatoms. The molecule has 0 spiro atoms. The summed E-state index contributed by atoms with van der Waals surface area (Å²) in [5, 5.41) is 4.19. The number of nitrogens with zero attached hydrogens (tertiary/aromatic N) is 5. The Hall–Kier alpha value is -2.15. The zero-order valence-electron chi connectivity index (χ0n) is 13.1. The first-order valence-electron chi connectivity index (χ1n) is 7.43. The van der Waals surface area contributed by atoms with Crippen molar-refractivity contribution in [2.75, 3.05) is 18.6 Å². The number of ether oxygens (including phenoxy) is 1. The number of aromatic nitrogens is 4. The minimum Gasteiger partial charge on any atom is -0.373 e. The van der Waals surface area contributed by atoms with E-state index < -0.39 is 0 Å². The lowest BCUT2D eigenvalue weighted by Crippen LogP contribution is -2.39. The predicted molar refractivity (Wildman–Crippen MR) is 81.2 cm³/mol. The molecule has 0 N–H and O–H groups in total. The van der Waals surface area contributed by atoms with E-state index in [9.17, 15) is 4.79 Å². The quantitative estimate of drug-likeness (QED) is 0.857. The maximum atomic E-state index is 12.9. The number of carbonyl (C=O) groups is 1. The zero-order chi connectivity index (χ0) is 15.7. The molecule has 3 heterocycles. The normalized spacial score (nSPS) is 21.8. The van der Waals surface area contributed by atoms with Gasteiger partial charge in [-0.2, -0.15) is 5.10 Å². The first-order chi connectivity index (χ1) is 10.6. The van der Waals surface area contributed by atoms with Gasteiger partial charge in [-0.15, -0.1) is 0 Å². The second-order valence-electron chi connectivity index (χ2n) is 5.72. The number of hydrogen-bond donors (Lipinski definition) is 0. The Kier molecular flexibility index (Phi) is 3.98. The van der Waals surface area contributed by atoms with Gasteiger partial charge in [-0.05, 0) is 12.8 Å². The van der Waals surface area contributed by atoms with E-state index >= 15 is 0 Å². The lowest BCUT2D eigenvalue weighted by Gasteiger charge is -2.32. The van der Waals surface area contributed by atoms with Crippen molar-refractivity contribution in [1.29, 1.82) is 0 Å². The highest BCUT2D eigenvalue weighted by molar-refractivity contribution is 5.93. The van der Waals surface area contributed by atoms with Crippen LogP contribution in [0.15, 0.2) is 24.8 Å². The lowest BCUT2D eigenvalue weighted by molar-refractivity contribution is -0.131. The molecule has 2 atom stereocenters. The van der Waals surface area contributed by atoms with Crippen molar-refractivity contribution in [3.05, 3.63) is 30.4 Å². The molecule has 1 saturated heterocycles. The topological polar surface area (TPSA) is 65.2 Å². The second-order valence-corrected chi connectivity index (χ2v) is 5.72. The van der Waals surface area contributed by atoms with Crippen LogP contribution in [0.5, 0.6) is 0 Å². The number of aryl methyl sites for hydroxylation is 2. The predicted octanol–water partition coefficient (Wildman–Crippen LogP) is 1.28. The smallest absolute Gasteiger partial charge is 0.235 e. The molecular weight excluding hydrogens is 282 g/mol. The summed E-state index contributed by atoms with van der Waals surface area (Å²) in [4.78, 5) is 18.8. The molecule has 1 aliphatic heterocycles. The standard InChI is InChI=1S/C15H21N5O2/c1-18-7-6-16-15(18)20(3)14(21)12-5-4-8-22-13(12)11-9-17-19(2)10-11/h6-7,9-10,12-13H,4-5,8H2,1-3H3/t12-,13+/m1/s1. The van der Waals surface area contributed by atoms with E-state index in [2.05, 4.69) is 10.1 Å². The molecule has 2 aromatic heterocycles. The number of rotatable bonds is 3. The van der Waals surface area contributed by atoms with Crippen LogP contribution in [0.1, 0.15) is 24.5 Å². The van der Waals surface area contributed by atoms with Gasteiger partial charge in [0.2, 0.25) is 11.9 Å². The van der Waals surface area contributed by atoms with E-state index in [0.717, 1.165) is 18.4 Å². The molecule has 0 aliphatic carbocycles. The van der Waals surface area contributed by atoms with Crippen molar-refractivity contribution in [3.8, 4) is 0 Å².